The molecule has 0 aliphatic carbocycles. The Bertz CT molecular complexity index is 232. The quantitative estimate of drug-likeness (QED) is 0.499. The van der Waals surface area contributed by atoms with Gasteiger partial charge in [-0.25, -0.2) is 4.39 Å². The summed E-state index contributed by atoms with van der Waals surface area (Å²) in [6, 6.07) is 4.31. The first-order chi connectivity index (χ1) is 4.63. The average molecular weight is 332 g/mol. The largest absolute Gasteiger partial charge is 0.204 e. The number of rotatable bonds is 0. The molecule has 1 aromatic rings. The lowest BCUT2D eigenvalue weighted by molar-refractivity contribution is 0.613. The maximum absolute atomic E-state index is 12.8. The summed E-state index contributed by atoms with van der Waals surface area (Å²) >= 11 is 9.19. The average Bonchev–Trinajstić information content (AvgIpc) is 1.93. The van der Waals surface area contributed by atoms with Crippen LogP contribution in [0.1, 0.15) is 0 Å². The molecule has 0 aliphatic heterocycles. The summed E-state index contributed by atoms with van der Waals surface area (Å²) in [5.41, 5.74) is 0. The minimum atomic E-state index is -0.314. The molecule has 0 aromatic heterocycles. The van der Waals surface area contributed by atoms with E-state index in [1.165, 1.54) is 6.07 Å². The van der Waals surface area contributed by atoms with Gasteiger partial charge in [-0.1, -0.05) is 0 Å². The molecule has 0 bridgehead atoms. The van der Waals surface area contributed by atoms with E-state index in [-0.39, 0.29) is 5.82 Å². The molecule has 0 N–H and O–H groups in total. The van der Waals surface area contributed by atoms with Crippen LogP contribution < -0.4 is 0 Å². The van der Waals surface area contributed by atoms with Gasteiger partial charge in [0.1, 0.15) is 0 Å². The van der Waals surface area contributed by atoms with Crippen LogP contribution in [0.3, 0.4) is 0 Å². The van der Waals surface area contributed by atoms with Crippen molar-refractivity contribution in [1.82, 2.24) is 0 Å². The highest BCUT2D eigenvalue weighted by Crippen LogP contribution is 2.29. The first-order valence-corrected chi connectivity index (χ1v) is 4.71. The highest BCUT2D eigenvalue weighted by atomic mass is 79.9. The maximum Gasteiger partial charge on any atom is 0.152 e. The molecule has 1 radical (unpaired) electrons. The van der Waals surface area contributed by atoms with Crippen LogP contribution in [0.5, 0.6) is 0 Å². The summed E-state index contributed by atoms with van der Waals surface area (Å²) in [7, 11) is 0. The van der Waals surface area contributed by atoms with Gasteiger partial charge in [0.2, 0.25) is 0 Å². The zero-order chi connectivity index (χ0) is 7.72. The Balaban J connectivity index is 3.34. The van der Waals surface area contributed by atoms with Crippen molar-refractivity contribution in [2.24, 2.45) is 0 Å². The lowest BCUT2D eigenvalue weighted by atomic mass is 10.4. The summed E-state index contributed by atoms with van der Waals surface area (Å²) in [5.74, 6) is -0.314. The van der Waals surface area contributed by atoms with E-state index < -0.39 is 0 Å². The molecule has 0 amide bonds. The van der Waals surface area contributed by atoms with Gasteiger partial charge in [0.05, 0.1) is 8.95 Å². The van der Waals surface area contributed by atoms with E-state index >= 15 is 0 Å². The third kappa shape index (κ3) is 1.60. The molecule has 0 fully saturated rings. The fourth-order valence-electron chi connectivity index (χ4n) is 0.455. The van der Waals surface area contributed by atoms with E-state index in [4.69, 9.17) is 0 Å². The summed E-state index contributed by atoms with van der Waals surface area (Å²) in [5, 5.41) is 0. The van der Waals surface area contributed by atoms with E-state index in [1.807, 2.05) is 0 Å². The second kappa shape index (κ2) is 3.32. The first kappa shape index (κ1) is 8.68. The number of benzene rings is 1. The lowest BCUT2D eigenvalue weighted by Gasteiger charge is -1.97. The summed E-state index contributed by atoms with van der Waals surface area (Å²) in [6.45, 7) is 0. The molecule has 0 spiro atoms. The highest BCUT2D eigenvalue weighted by Gasteiger charge is 2.06. The minimum absolute atomic E-state index is 0.314. The molecule has 0 atom stereocenters. The second-order valence-corrected chi connectivity index (χ2v) is 4.02. The molecule has 0 nitrogen and oxygen atoms in total. The van der Waals surface area contributed by atoms with Gasteiger partial charge in [-0.3, -0.25) is 0 Å². The Morgan fingerprint density at radius 1 is 1.30 bits per heavy atom. The maximum atomic E-state index is 12.8. The van der Waals surface area contributed by atoms with Gasteiger partial charge in [0, 0.05) is 4.47 Å². The van der Waals surface area contributed by atoms with Crippen LogP contribution in [-0.4, -0.2) is 0 Å². The van der Waals surface area contributed by atoms with Gasteiger partial charge >= 0.3 is 0 Å². The Kier molecular flexibility index (Phi) is 2.89. The predicted molar refractivity (Wildman–Crippen MR) is 48.3 cm³/mol. The van der Waals surface area contributed by atoms with Crippen LogP contribution >= 0.6 is 47.8 Å². The summed E-state index contributed by atoms with van der Waals surface area (Å²) in [6.07, 6.45) is 0. The smallest absolute Gasteiger partial charge is 0.152 e. The molecule has 10 heavy (non-hydrogen) atoms. The van der Waals surface area contributed by atoms with Gasteiger partial charge in [-0.15, -0.1) is 0 Å². The zero-order valence-electron chi connectivity index (χ0n) is 4.59. The topological polar surface area (TPSA) is 0 Å². The van der Waals surface area contributed by atoms with E-state index in [1.54, 1.807) is 0 Å². The lowest BCUT2D eigenvalue weighted by Crippen LogP contribution is -1.80. The van der Waals surface area contributed by atoms with Crippen molar-refractivity contribution < 1.29 is 4.39 Å². The predicted octanol–water partition coefficient (Wildman–Crippen LogP) is 3.91. The van der Waals surface area contributed by atoms with Gasteiger partial charge in [-0.2, -0.15) is 0 Å². The van der Waals surface area contributed by atoms with Gasteiger partial charge in [-0.05, 0) is 59.9 Å². The van der Waals surface area contributed by atoms with Crippen LogP contribution in [0.4, 0.5) is 4.39 Å². The molecule has 0 aliphatic rings. The molecule has 0 heterocycles. The van der Waals surface area contributed by atoms with Crippen molar-refractivity contribution in [3.63, 3.8) is 0 Å². The monoisotopic (exact) mass is 329 g/mol. The minimum Gasteiger partial charge on any atom is -0.204 e. The van der Waals surface area contributed by atoms with E-state index in [2.05, 4.69) is 53.9 Å². The second-order valence-electron chi connectivity index (χ2n) is 1.58. The molecular formula is C6HBr3F. The van der Waals surface area contributed by atoms with Crippen LogP contribution in [0, 0.1) is 11.9 Å². The van der Waals surface area contributed by atoms with Gasteiger partial charge in [0.25, 0.3) is 0 Å². The Morgan fingerprint density at radius 3 is 2.40 bits per heavy atom. The Labute approximate surface area is 83.2 Å². The van der Waals surface area contributed by atoms with Crippen molar-refractivity contribution in [2.45, 2.75) is 0 Å². The van der Waals surface area contributed by atoms with Crippen LogP contribution in [0.15, 0.2) is 19.5 Å². The van der Waals surface area contributed by atoms with E-state index in [9.17, 15) is 4.39 Å². The summed E-state index contributed by atoms with van der Waals surface area (Å²) in [4.78, 5) is 0. The molecule has 1 rings (SSSR count). The van der Waals surface area contributed by atoms with Gasteiger partial charge < -0.3 is 0 Å². The molecule has 1 aromatic carbocycles. The third-order valence-corrected chi connectivity index (χ3v) is 3.40. The molecule has 0 saturated carbocycles. The van der Waals surface area contributed by atoms with Crippen molar-refractivity contribution in [3.05, 3.63) is 31.4 Å². The van der Waals surface area contributed by atoms with Crippen molar-refractivity contribution >= 4 is 47.8 Å². The zero-order valence-corrected chi connectivity index (χ0v) is 9.35. The van der Waals surface area contributed by atoms with E-state index in [0.717, 1.165) is 0 Å². The molecule has 0 saturated heterocycles. The van der Waals surface area contributed by atoms with Crippen LogP contribution in [-0.2, 0) is 0 Å². The highest BCUT2D eigenvalue weighted by molar-refractivity contribution is 9.13. The first-order valence-electron chi connectivity index (χ1n) is 2.33. The molecule has 4 heteroatoms. The normalized spacial score (nSPS) is 10.0. The van der Waals surface area contributed by atoms with Crippen LogP contribution in [0.2, 0.25) is 0 Å². The van der Waals surface area contributed by atoms with Crippen molar-refractivity contribution in [1.29, 1.82) is 0 Å². The number of hydrogen-bond donors (Lipinski definition) is 0. The molecular weight excluding hydrogens is 331 g/mol. The number of hydrogen-bond acceptors (Lipinski definition) is 0. The standard InChI is InChI=1S/C6HBr3F/c7-3-1-2-4(8)6(10)5(3)9/h2H. The number of halogens is 4. The fraction of sp³-hybridized carbons (Fsp3) is 0. The van der Waals surface area contributed by atoms with E-state index in [0.29, 0.717) is 13.4 Å². The van der Waals surface area contributed by atoms with Crippen LogP contribution in [0.25, 0.3) is 0 Å². The summed E-state index contributed by atoms with van der Waals surface area (Å²) < 4.78 is 14.2. The molecule has 53 valence electrons. The Hall–Kier alpha value is 0.590. The SMILES string of the molecule is Fc1c(Br)c[c]c(Br)c1Br. The van der Waals surface area contributed by atoms with Crippen molar-refractivity contribution in [2.75, 3.05) is 0 Å². The molecule has 0 unspecified atom stereocenters. The van der Waals surface area contributed by atoms with Gasteiger partial charge in [0.15, 0.2) is 5.82 Å². The third-order valence-electron chi connectivity index (χ3n) is 0.921. The van der Waals surface area contributed by atoms with Crippen molar-refractivity contribution in [3.8, 4) is 0 Å². The Morgan fingerprint density at radius 2 is 1.90 bits per heavy atom. The fourth-order valence-corrected chi connectivity index (χ4v) is 1.65.